The number of hydrogen-bond donors (Lipinski definition) is 4. The summed E-state index contributed by atoms with van der Waals surface area (Å²) in [7, 11) is 0. The third-order valence-corrected chi connectivity index (χ3v) is 6.01. The van der Waals surface area contributed by atoms with Crippen LogP contribution in [0.4, 0.5) is 5.69 Å². The molecular weight excluding hydrogens is 522 g/mol. The molecule has 13 nitrogen and oxygen atoms in total. The Morgan fingerprint density at radius 1 is 1.12 bits per heavy atom. The number of rotatable bonds is 9. The average Bonchev–Trinajstić information content (AvgIpc) is 3.37. The maximum absolute atomic E-state index is 12.9. The van der Waals surface area contributed by atoms with Crippen molar-refractivity contribution >= 4 is 35.3 Å². The Balaban J connectivity index is 0.00000103. The lowest BCUT2D eigenvalue weighted by Gasteiger charge is -2.35. The number of anilines is 1. The van der Waals surface area contributed by atoms with Crippen molar-refractivity contribution < 1.29 is 38.5 Å². The highest BCUT2D eigenvalue weighted by molar-refractivity contribution is 5.95. The molecule has 1 unspecified atom stereocenters. The van der Waals surface area contributed by atoms with E-state index in [2.05, 4.69) is 5.32 Å². The summed E-state index contributed by atoms with van der Waals surface area (Å²) in [6.07, 6.45) is -0.0583. The number of amides is 2. The molecule has 2 amide bonds. The number of aliphatic carboxylic acids is 1. The Bertz CT molecular complexity index is 1250. The van der Waals surface area contributed by atoms with Crippen LogP contribution in [0.3, 0.4) is 0 Å². The van der Waals surface area contributed by atoms with Crippen molar-refractivity contribution in [1.82, 2.24) is 10.2 Å². The zero-order valence-electron chi connectivity index (χ0n) is 22.3. The van der Waals surface area contributed by atoms with Gasteiger partial charge >= 0.3 is 5.97 Å². The number of carbonyl (C=O) groups is 4. The van der Waals surface area contributed by atoms with Crippen LogP contribution < -0.4 is 25.4 Å². The van der Waals surface area contributed by atoms with E-state index in [-0.39, 0.29) is 50.6 Å². The number of hydrogen-bond acceptors (Lipinski definition) is 9. The molecule has 1 saturated heterocycles. The molecule has 1 atom stereocenters. The summed E-state index contributed by atoms with van der Waals surface area (Å²) in [5, 5.41) is 17.8. The van der Waals surface area contributed by atoms with Crippen LogP contribution in [0.15, 0.2) is 42.5 Å². The second kappa shape index (κ2) is 13.8. The van der Waals surface area contributed by atoms with E-state index in [0.29, 0.717) is 35.7 Å². The molecule has 0 saturated carbocycles. The van der Waals surface area contributed by atoms with Gasteiger partial charge in [0.2, 0.25) is 18.6 Å². The van der Waals surface area contributed by atoms with Gasteiger partial charge in [0.05, 0.1) is 32.2 Å². The molecule has 0 radical (unpaired) electrons. The van der Waals surface area contributed by atoms with Crippen LogP contribution in [-0.2, 0) is 23.9 Å². The molecule has 40 heavy (non-hydrogen) atoms. The number of carboxylic acids is 1. The summed E-state index contributed by atoms with van der Waals surface area (Å²) >= 11 is 0. The predicted octanol–water partition coefficient (Wildman–Crippen LogP) is 1.25. The molecule has 4 rings (SSSR count). The van der Waals surface area contributed by atoms with E-state index in [4.69, 9.17) is 35.3 Å². The number of nitrogens with one attached hydrogen (secondary N) is 2. The Labute approximate surface area is 231 Å². The van der Waals surface area contributed by atoms with Gasteiger partial charge in [-0.25, -0.2) is 0 Å². The summed E-state index contributed by atoms with van der Waals surface area (Å²) in [5.74, 6) is -0.722. The fraction of sp³-hybridized carbons (Fsp3) is 0.370. The van der Waals surface area contributed by atoms with Crippen LogP contribution in [0, 0.1) is 5.41 Å². The van der Waals surface area contributed by atoms with Gasteiger partial charge in [-0.1, -0.05) is 6.07 Å². The van der Waals surface area contributed by atoms with Crippen LogP contribution >= 0.6 is 0 Å². The monoisotopic (exact) mass is 555 g/mol. The standard InChI is InChI=1S/C25H29N5O6.C2H4O2/c1-2-34-24(33)12-19(17-5-8-20-21(11-17)36-15-35-20)28-22(31)13-30-10-9-29(14-23(30)32)18-6-3-16(4-7-18)25(26)27;1-2(3)4/h3-8,11,19H,2,9-10,12-15H2,1H3,(H3,26,27)(H,28,31);1H3,(H,3,4). The number of nitrogens with two attached hydrogens (primary N) is 1. The van der Waals surface area contributed by atoms with Gasteiger partial charge in [-0.2, -0.15) is 0 Å². The number of nitrogens with zero attached hydrogens (tertiary/aromatic N) is 2. The SMILES string of the molecule is CC(=O)O.CCOC(=O)CC(NC(=O)CN1CCN(c2ccc(C(=N)N)cc2)CC1=O)c1ccc2c(c1)OCO2. The Kier molecular flexibility index (Phi) is 10.3. The highest BCUT2D eigenvalue weighted by Crippen LogP contribution is 2.35. The fourth-order valence-electron chi connectivity index (χ4n) is 4.13. The summed E-state index contributed by atoms with van der Waals surface area (Å²) in [6, 6.07) is 11.7. The minimum absolute atomic E-state index is 0.0181. The largest absolute Gasteiger partial charge is 0.481 e. The molecule has 13 heteroatoms. The van der Waals surface area contributed by atoms with Crippen molar-refractivity contribution in [2.45, 2.75) is 26.3 Å². The molecule has 2 aliphatic rings. The minimum Gasteiger partial charge on any atom is -0.481 e. The molecule has 0 bridgehead atoms. The molecule has 2 heterocycles. The van der Waals surface area contributed by atoms with Gasteiger partial charge in [0.15, 0.2) is 11.5 Å². The Hall–Kier alpha value is -4.81. The second-order valence-electron chi connectivity index (χ2n) is 8.96. The van der Waals surface area contributed by atoms with Gasteiger partial charge < -0.3 is 40.2 Å². The number of ether oxygens (including phenoxy) is 3. The fourth-order valence-corrected chi connectivity index (χ4v) is 4.13. The lowest BCUT2D eigenvalue weighted by atomic mass is 10.0. The normalized spacial score (nSPS) is 14.5. The molecule has 0 spiro atoms. The number of nitrogen functional groups attached to an aromatic ring is 1. The number of amidine groups is 1. The van der Waals surface area contributed by atoms with Crippen molar-refractivity contribution in [3.8, 4) is 11.5 Å². The number of benzene rings is 2. The molecule has 5 N–H and O–H groups in total. The first-order valence-electron chi connectivity index (χ1n) is 12.6. The molecule has 214 valence electrons. The van der Waals surface area contributed by atoms with Crippen molar-refractivity contribution in [3.63, 3.8) is 0 Å². The van der Waals surface area contributed by atoms with E-state index in [9.17, 15) is 14.4 Å². The number of piperazine rings is 1. The molecule has 0 aromatic heterocycles. The molecule has 2 aliphatic heterocycles. The second-order valence-corrected chi connectivity index (χ2v) is 8.96. The van der Waals surface area contributed by atoms with Gasteiger partial charge in [0.1, 0.15) is 5.84 Å². The first-order chi connectivity index (χ1) is 19.1. The minimum atomic E-state index is -0.833. The zero-order valence-corrected chi connectivity index (χ0v) is 22.3. The number of carboxylic acid groups (broad SMARTS) is 1. The van der Waals surface area contributed by atoms with E-state index < -0.39 is 18.0 Å². The van der Waals surface area contributed by atoms with E-state index in [0.717, 1.165) is 12.6 Å². The summed E-state index contributed by atoms with van der Waals surface area (Å²) < 4.78 is 15.8. The number of carbonyl (C=O) groups excluding carboxylic acids is 3. The zero-order chi connectivity index (χ0) is 29.2. The van der Waals surface area contributed by atoms with Gasteiger partial charge in [0.25, 0.3) is 5.97 Å². The highest BCUT2D eigenvalue weighted by atomic mass is 16.7. The molecule has 0 aliphatic carbocycles. The quantitative estimate of drug-likeness (QED) is 0.199. The lowest BCUT2D eigenvalue weighted by Crippen LogP contribution is -2.53. The van der Waals surface area contributed by atoms with Crippen LogP contribution in [-0.4, -0.2) is 79.2 Å². The van der Waals surface area contributed by atoms with Gasteiger partial charge in [0, 0.05) is 31.3 Å². The van der Waals surface area contributed by atoms with Crippen molar-refractivity contribution in [1.29, 1.82) is 5.41 Å². The smallest absolute Gasteiger partial charge is 0.308 e. The summed E-state index contributed by atoms with van der Waals surface area (Å²) in [4.78, 5) is 50.3. The first kappa shape index (κ1) is 29.7. The Morgan fingerprint density at radius 3 is 2.42 bits per heavy atom. The predicted molar refractivity (Wildman–Crippen MR) is 144 cm³/mol. The highest BCUT2D eigenvalue weighted by Gasteiger charge is 2.28. The number of esters is 1. The van der Waals surface area contributed by atoms with Crippen molar-refractivity contribution in [2.75, 3.05) is 44.5 Å². The van der Waals surface area contributed by atoms with E-state index in [1.54, 1.807) is 37.3 Å². The molecule has 2 aromatic carbocycles. The van der Waals surface area contributed by atoms with Crippen LogP contribution in [0.2, 0.25) is 0 Å². The number of fused-ring (bicyclic) bond motifs is 1. The third-order valence-electron chi connectivity index (χ3n) is 6.01. The van der Waals surface area contributed by atoms with E-state index >= 15 is 0 Å². The first-order valence-corrected chi connectivity index (χ1v) is 12.6. The summed E-state index contributed by atoms with van der Waals surface area (Å²) in [6.45, 7) is 4.07. The van der Waals surface area contributed by atoms with Gasteiger partial charge in [-0.05, 0) is 48.9 Å². The van der Waals surface area contributed by atoms with Crippen LogP contribution in [0.5, 0.6) is 11.5 Å². The summed E-state index contributed by atoms with van der Waals surface area (Å²) in [5.41, 5.74) is 7.63. The van der Waals surface area contributed by atoms with E-state index in [1.165, 1.54) is 4.90 Å². The third kappa shape index (κ3) is 8.35. The maximum Gasteiger partial charge on any atom is 0.308 e. The molecule has 1 fully saturated rings. The average molecular weight is 556 g/mol. The van der Waals surface area contributed by atoms with Crippen molar-refractivity contribution in [3.05, 3.63) is 53.6 Å². The van der Waals surface area contributed by atoms with Crippen LogP contribution in [0.1, 0.15) is 37.4 Å². The topological polar surface area (TPSA) is 185 Å². The van der Waals surface area contributed by atoms with Crippen molar-refractivity contribution in [2.24, 2.45) is 5.73 Å². The van der Waals surface area contributed by atoms with E-state index in [1.807, 2.05) is 17.0 Å². The Morgan fingerprint density at radius 2 is 1.80 bits per heavy atom. The van der Waals surface area contributed by atoms with Gasteiger partial charge in [-0.3, -0.25) is 24.6 Å². The van der Waals surface area contributed by atoms with Gasteiger partial charge in [-0.15, -0.1) is 0 Å². The van der Waals surface area contributed by atoms with Crippen LogP contribution in [0.25, 0.3) is 0 Å². The lowest BCUT2D eigenvalue weighted by molar-refractivity contribution is -0.144. The maximum atomic E-state index is 12.9. The molecular formula is C27H33N5O8. The molecule has 2 aromatic rings.